The molecule has 0 saturated heterocycles. The second-order valence-corrected chi connectivity index (χ2v) is 15.1. The van der Waals surface area contributed by atoms with Crippen LogP contribution < -0.4 is 10.9 Å². The van der Waals surface area contributed by atoms with Crippen LogP contribution in [0.4, 0.5) is 0 Å². The third-order valence-electron chi connectivity index (χ3n) is 11.5. The summed E-state index contributed by atoms with van der Waals surface area (Å²) in [7, 11) is 0. The van der Waals surface area contributed by atoms with E-state index in [0.29, 0.717) is 32.9 Å². The fraction of sp³-hybridized carbons (Fsp3) is 0. The molecule has 11 aromatic rings. The molecule has 60 heavy (non-hydrogen) atoms. The van der Waals surface area contributed by atoms with Crippen LogP contribution in [0.3, 0.4) is 0 Å². The largest absolute Gasteiger partial charge is 0.456 e. The van der Waals surface area contributed by atoms with E-state index >= 15 is 0 Å². The predicted molar refractivity (Wildman–Crippen MR) is 246 cm³/mol. The van der Waals surface area contributed by atoms with Crippen LogP contribution in [0.25, 0.3) is 111 Å². The third-order valence-corrected chi connectivity index (χ3v) is 11.5. The van der Waals surface area contributed by atoms with Gasteiger partial charge in [0, 0.05) is 0 Å². The normalized spacial score (nSPS) is 11.5. The van der Waals surface area contributed by atoms with Crippen molar-refractivity contribution in [1.29, 1.82) is 0 Å². The van der Waals surface area contributed by atoms with E-state index in [1.165, 1.54) is 11.1 Å². The smallest absolute Gasteiger partial charge is 0.204 e. The van der Waals surface area contributed by atoms with E-state index in [9.17, 15) is 9.59 Å². The molecule has 0 unspecified atom stereocenters. The van der Waals surface area contributed by atoms with Gasteiger partial charge in [-0.15, -0.1) is 0 Å². The standard InChI is InChI=1S/C56H34O4/c57-54-47-27-30-52-53(55(58)49-34-46(25-28-50(49)59-52)44-16-8-14-42(32-44)40-23-19-38(20-24-40)36-11-5-2-6-12-36)56(47)60-51-29-26-45(33-48(51)54)43-15-7-13-41(31-43)39-21-17-37(18-22-39)35-9-3-1-4-10-35/h1-34H. The van der Waals surface area contributed by atoms with Crippen LogP contribution in [0.15, 0.2) is 225 Å². The average molecular weight is 771 g/mol. The lowest BCUT2D eigenvalue weighted by molar-refractivity contribution is 0.649. The molecule has 0 aliphatic rings. The molecule has 0 fully saturated rings. The molecule has 0 N–H and O–H groups in total. The molecule has 4 heteroatoms. The first kappa shape index (κ1) is 35.1. The van der Waals surface area contributed by atoms with Gasteiger partial charge in [0.25, 0.3) is 0 Å². The van der Waals surface area contributed by atoms with Crippen LogP contribution in [0.1, 0.15) is 0 Å². The Balaban J connectivity index is 0.945. The van der Waals surface area contributed by atoms with Gasteiger partial charge in [-0.25, -0.2) is 0 Å². The Morgan fingerprint density at radius 3 is 1.10 bits per heavy atom. The second-order valence-electron chi connectivity index (χ2n) is 15.1. The maximum Gasteiger partial charge on any atom is 0.204 e. The molecule has 2 heterocycles. The molecule has 11 rings (SSSR count). The minimum atomic E-state index is -0.251. The van der Waals surface area contributed by atoms with Crippen LogP contribution in [-0.4, -0.2) is 0 Å². The van der Waals surface area contributed by atoms with Crippen molar-refractivity contribution in [3.05, 3.63) is 227 Å². The fourth-order valence-corrected chi connectivity index (χ4v) is 8.34. The summed E-state index contributed by atoms with van der Waals surface area (Å²) in [5, 5.41) is 1.43. The highest BCUT2D eigenvalue weighted by molar-refractivity contribution is 6.08. The summed E-state index contributed by atoms with van der Waals surface area (Å²) in [5.41, 5.74) is 13.7. The van der Waals surface area contributed by atoms with Gasteiger partial charge < -0.3 is 8.83 Å². The van der Waals surface area contributed by atoms with E-state index in [1.807, 2.05) is 97.1 Å². The SMILES string of the molecule is O=c1c2cc(-c3cccc(-c4ccc(-c5ccccc5)cc4)c3)ccc2oc2c1ccc1oc3ccc(-c4cccc(-c5ccc(-c6ccccc6)cc5)c4)cc3c(=O)c12. The van der Waals surface area contributed by atoms with Crippen molar-refractivity contribution in [2.24, 2.45) is 0 Å². The molecule has 0 radical (unpaired) electrons. The summed E-state index contributed by atoms with van der Waals surface area (Å²) in [6, 6.07) is 69.1. The van der Waals surface area contributed by atoms with E-state index in [0.717, 1.165) is 55.6 Å². The maximum absolute atomic E-state index is 14.4. The molecule has 2 aromatic heterocycles. The minimum Gasteiger partial charge on any atom is -0.456 e. The molecule has 0 aliphatic carbocycles. The zero-order valence-electron chi connectivity index (χ0n) is 32.3. The van der Waals surface area contributed by atoms with Crippen LogP contribution in [0.2, 0.25) is 0 Å². The molecule has 9 aromatic carbocycles. The molecule has 0 bridgehead atoms. The van der Waals surface area contributed by atoms with Crippen molar-refractivity contribution in [1.82, 2.24) is 0 Å². The lowest BCUT2D eigenvalue weighted by Crippen LogP contribution is -2.07. The van der Waals surface area contributed by atoms with Gasteiger partial charge in [-0.1, -0.05) is 158 Å². The summed E-state index contributed by atoms with van der Waals surface area (Å²) in [4.78, 5) is 28.6. The zero-order valence-corrected chi connectivity index (χ0v) is 32.3. The minimum absolute atomic E-state index is 0.204. The first-order chi connectivity index (χ1) is 29.5. The van der Waals surface area contributed by atoms with E-state index in [2.05, 4.69) is 97.1 Å². The van der Waals surface area contributed by atoms with Crippen LogP contribution >= 0.6 is 0 Å². The van der Waals surface area contributed by atoms with E-state index in [-0.39, 0.29) is 21.8 Å². The highest BCUT2D eigenvalue weighted by Gasteiger charge is 2.18. The molecule has 4 nitrogen and oxygen atoms in total. The Morgan fingerprint density at radius 1 is 0.250 bits per heavy atom. The first-order valence-electron chi connectivity index (χ1n) is 20.0. The first-order valence-corrected chi connectivity index (χ1v) is 20.0. The van der Waals surface area contributed by atoms with Gasteiger partial charge in [0.05, 0.1) is 16.2 Å². The molecular formula is C56H34O4. The molecule has 282 valence electrons. The average Bonchev–Trinajstić information content (AvgIpc) is 3.32. The van der Waals surface area contributed by atoms with E-state index in [1.54, 1.807) is 12.1 Å². The van der Waals surface area contributed by atoms with Gasteiger partial charge in [-0.05, 0) is 115 Å². The highest BCUT2D eigenvalue weighted by Crippen LogP contribution is 2.34. The quantitative estimate of drug-likeness (QED) is 0.125. The van der Waals surface area contributed by atoms with Crippen LogP contribution in [0, 0.1) is 0 Å². The van der Waals surface area contributed by atoms with Gasteiger partial charge in [0.1, 0.15) is 22.1 Å². The Morgan fingerprint density at radius 2 is 0.600 bits per heavy atom. The van der Waals surface area contributed by atoms with E-state index < -0.39 is 0 Å². The molecular weight excluding hydrogens is 737 g/mol. The lowest BCUT2D eigenvalue weighted by atomic mass is 9.96. The molecule has 0 amide bonds. The fourth-order valence-electron chi connectivity index (χ4n) is 8.34. The maximum atomic E-state index is 14.4. The summed E-state index contributed by atoms with van der Waals surface area (Å²) >= 11 is 0. The van der Waals surface area contributed by atoms with E-state index in [4.69, 9.17) is 8.83 Å². The molecule has 0 atom stereocenters. The Bertz CT molecular complexity index is 3550. The lowest BCUT2D eigenvalue weighted by Gasteiger charge is -2.10. The Hall–Kier alpha value is -8.08. The molecule has 0 saturated carbocycles. The molecule has 0 aliphatic heterocycles. The topological polar surface area (TPSA) is 60.4 Å². The van der Waals surface area contributed by atoms with Gasteiger partial charge in [-0.3, -0.25) is 9.59 Å². The van der Waals surface area contributed by atoms with Crippen molar-refractivity contribution in [2.45, 2.75) is 0 Å². The van der Waals surface area contributed by atoms with Gasteiger partial charge in [0.15, 0.2) is 5.58 Å². The number of hydrogen-bond acceptors (Lipinski definition) is 4. The highest BCUT2D eigenvalue weighted by atomic mass is 16.3. The van der Waals surface area contributed by atoms with Crippen molar-refractivity contribution >= 4 is 43.9 Å². The van der Waals surface area contributed by atoms with Crippen molar-refractivity contribution < 1.29 is 8.83 Å². The summed E-state index contributed by atoms with van der Waals surface area (Å²) in [6.07, 6.45) is 0. The summed E-state index contributed by atoms with van der Waals surface area (Å²) in [5.74, 6) is 0. The summed E-state index contributed by atoms with van der Waals surface area (Å²) < 4.78 is 12.8. The van der Waals surface area contributed by atoms with Crippen molar-refractivity contribution in [3.63, 3.8) is 0 Å². The predicted octanol–water partition coefficient (Wildman–Crippen LogP) is 14.2. The van der Waals surface area contributed by atoms with Crippen LogP contribution in [0.5, 0.6) is 0 Å². The van der Waals surface area contributed by atoms with Gasteiger partial charge >= 0.3 is 0 Å². The Kier molecular flexibility index (Phi) is 8.42. The number of rotatable bonds is 6. The summed E-state index contributed by atoms with van der Waals surface area (Å²) in [6.45, 7) is 0. The monoisotopic (exact) mass is 770 g/mol. The second kappa shape index (κ2) is 14.4. The van der Waals surface area contributed by atoms with Crippen molar-refractivity contribution in [3.8, 4) is 66.8 Å². The number of fused-ring (bicyclic) bond motifs is 5. The Labute approximate surface area is 344 Å². The van der Waals surface area contributed by atoms with Gasteiger partial charge in [0.2, 0.25) is 10.9 Å². The number of benzene rings is 9. The van der Waals surface area contributed by atoms with Crippen molar-refractivity contribution in [2.75, 3.05) is 0 Å². The number of hydrogen-bond donors (Lipinski definition) is 0. The van der Waals surface area contributed by atoms with Gasteiger partial charge in [-0.2, -0.15) is 0 Å². The molecule has 0 spiro atoms. The zero-order chi connectivity index (χ0) is 40.2. The third kappa shape index (κ3) is 6.19. The van der Waals surface area contributed by atoms with Crippen LogP contribution in [-0.2, 0) is 0 Å².